The molecule has 20 heavy (non-hydrogen) atoms. The Kier molecular flexibility index (Phi) is 3.54. The molecule has 2 aromatic rings. The first-order valence-corrected chi connectivity index (χ1v) is 7.05. The predicted molar refractivity (Wildman–Crippen MR) is 75.8 cm³/mol. The van der Waals surface area contributed by atoms with E-state index in [1.165, 1.54) is 24.2 Å². The number of imidazole rings is 1. The number of hydrogen-bond acceptors (Lipinski definition) is 2. The summed E-state index contributed by atoms with van der Waals surface area (Å²) >= 11 is 0. The highest BCUT2D eigenvalue weighted by Gasteiger charge is 2.16. The van der Waals surface area contributed by atoms with Gasteiger partial charge in [-0.3, -0.25) is 4.79 Å². The lowest BCUT2D eigenvalue weighted by Gasteiger charge is -2.15. The molecule has 1 N–H and O–H groups in total. The van der Waals surface area contributed by atoms with E-state index in [1.807, 2.05) is 30.6 Å². The van der Waals surface area contributed by atoms with Gasteiger partial charge < -0.3 is 9.67 Å². The monoisotopic (exact) mass is 270 g/mol. The summed E-state index contributed by atoms with van der Waals surface area (Å²) in [5.74, 6) is -0.787. The van der Waals surface area contributed by atoms with Crippen LogP contribution in [0.25, 0.3) is 0 Å². The number of aromatic nitrogens is 2. The van der Waals surface area contributed by atoms with E-state index in [0.29, 0.717) is 6.54 Å². The first-order chi connectivity index (χ1) is 9.74. The van der Waals surface area contributed by atoms with E-state index in [1.54, 1.807) is 0 Å². The van der Waals surface area contributed by atoms with Crippen LogP contribution in [-0.2, 0) is 30.6 Å². The molecule has 1 aromatic heterocycles. The number of rotatable bonds is 4. The number of aryl methyl sites for hydroxylation is 1. The summed E-state index contributed by atoms with van der Waals surface area (Å²) in [6.45, 7) is 0.714. The SMILES string of the molecule is O=C(O)Cc1ccccc1Cn1cnc2c1CCCC2. The van der Waals surface area contributed by atoms with Gasteiger partial charge in [0.25, 0.3) is 0 Å². The summed E-state index contributed by atoms with van der Waals surface area (Å²) in [5, 5.41) is 8.99. The van der Waals surface area contributed by atoms with Crippen LogP contribution in [0.2, 0.25) is 0 Å². The highest BCUT2D eigenvalue weighted by Crippen LogP contribution is 2.21. The number of carboxylic acids is 1. The number of carbonyl (C=O) groups is 1. The van der Waals surface area contributed by atoms with Crippen LogP contribution in [0.1, 0.15) is 35.4 Å². The zero-order chi connectivity index (χ0) is 13.9. The lowest BCUT2D eigenvalue weighted by atomic mass is 10.0. The molecule has 3 rings (SSSR count). The number of benzene rings is 1. The Hall–Kier alpha value is -2.10. The van der Waals surface area contributed by atoms with Gasteiger partial charge in [-0.15, -0.1) is 0 Å². The summed E-state index contributed by atoms with van der Waals surface area (Å²) in [5.41, 5.74) is 4.49. The molecule has 1 aliphatic carbocycles. The third-order valence-electron chi connectivity index (χ3n) is 3.91. The number of hydrogen-bond donors (Lipinski definition) is 1. The largest absolute Gasteiger partial charge is 0.481 e. The molecule has 0 spiro atoms. The lowest BCUT2D eigenvalue weighted by molar-refractivity contribution is -0.136. The van der Waals surface area contributed by atoms with Crippen molar-refractivity contribution in [1.82, 2.24) is 9.55 Å². The molecular weight excluding hydrogens is 252 g/mol. The second-order valence-electron chi connectivity index (χ2n) is 5.31. The van der Waals surface area contributed by atoms with Gasteiger partial charge in [-0.1, -0.05) is 24.3 Å². The Balaban J connectivity index is 1.88. The Morgan fingerprint density at radius 1 is 1.20 bits per heavy atom. The molecule has 4 nitrogen and oxygen atoms in total. The molecule has 1 aromatic carbocycles. The summed E-state index contributed by atoms with van der Waals surface area (Å²) in [6, 6.07) is 7.76. The fourth-order valence-electron chi connectivity index (χ4n) is 2.90. The van der Waals surface area contributed by atoms with Gasteiger partial charge in [0.15, 0.2) is 0 Å². The summed E-state index contributed by atoms with van der Waals surface area (Å²) in [4.78, 5) is 15.4. The van der Waals surface area contributed by atoms with Crippen molar-refractivity contribution in [3.05, 3.63) is 53.1 Å². The van der Waals surface area contributed by atoms with E-state index in [0.717, 1.165) is 24.0 Å². The van der Waals surface area contributed by atoms with E-state index in [2.05, 4.69) is 9.55 Å². The minimum Gasteiger partial charge on any atom is -0.481 e. The first-order valence-electron chi connectivity index (χ1n) is 7.05. The average Bonchev–Trinajstić information content (AvgIpc) is 2.84. The van der Waals surface area contributed by atoms with Gasteiger partial charge in [-0.25, -0.2) is 4.98 Å². The molecule has 0 atom stereocenters. The van der Waals surface area contributed by atoms with Gasteiger partial charge in [0.05, 0.1) is 18.4 Å². The van der Waals surface area contributed by atoms with Crippen LogP contribution < -0.4 is 0 Å². The van der Waals surface area contributed by atoms with E-state index in [9.17, 15) is 4.79 Å². The van der Waals surface area contributed by atoms with Crippen molar-refractivity contribution in [2.75, 3.05) is 0 Å². The molecule has 0 saturated carbocycles. The van der Waals surface area contributed by atoms with E-state index >= 15 is 0 Å². The van der Waals surface area contributed by atoms with Crippen LogP contribution in [0.3, 0.4) is 0 Å². The van der Waals surface area contributed by atoms with Crippen molar-refractivity contribution < 1.29 is 9.90 Å². The Labute approximate surface area is 118 Å². The zero-order valence-corrected chi connectivity index (χ0v) is 11.4. The van der Waals surface area contributed by atoms with E-state index in [4.69, 9.17) is 5.11 Å². The number of carboxylic acid groups (broad SMARTS) is 1. The smallest absolute Gasteiger partial charge is 0.307 e. The molecule has 0 aliphatic heterocycles. The highest BCUT2D eigenvalue weighted by molar-refractivity contribution is 5.70. The molecule has 0 amide bonds. The van der Waals surface area contributed by atoms with Gasteiger partial charge in [0, 0.05) is 12.2 Å². The molecule has 1 aliphatic rings. The van der Waals surface area contributed by atoms with Crippen molar-refractivity contribution in [2.24, 2.45) is 0 Å². The zero-order valence-electron chi connectivity index (χ0n) is 11.4. The standard InChI is InChI=1S/C16H18N2O2/c19-16(20)9-12-5-1-2-6-13(12)10-18-11-17-14-7-3-4-8-15(14)18/h1-2,5-6,11H,3-4,7-10H2,(H,19,20). The maximum atomic E-state index is 10.9. The summed E-state index contributed by atoms with van der Waals surface area (Å²) in [6.07, 6.45) is 6.56. The van der Waals surface area contributed by atoms with Crippen molar-refractivity contribution in [2.45, 2.75) is 38.6 Å². The minimum absolute atomic E-state index is 0.0764. The molecule has 0 bridgehead atoms. The van der Waals surface area contributed by atoms with E-state index in [-0.39, 0.29) is 6.42 Å². The highest BCUT2D eigenvalue weighted by atomic mass is 16.4. The van der Waals surface area contributed by atoms with Crippen LogP contribution >= 0.6 is 0 Å². The molecule has 0 radical (unpaired) electrons. The number of nitrogens with zero attached hydrogens (tertiary/aromatic N) is 2. The van der Waals surface area contributed by atoms with Crippen molar-refractivity contribution in [1.29, 1.82) is 0 Å². The molecular formula is C16H18N2O2. The normalized spacial score (nSPS) is 14.0. The maximum Gasteiger partial charge on any atom is 0.307 e. The van der Waals surface area contributed by atoms with Crippen molar-refractivity contribution >= 4 is 5.97 Å². The summed E-state index contributed by atoms with van der Waals surface area (Å²) in [7, 11) is 0. The molecule has 0 saturated heterocycles. The van der Waals surface area contributed by atoms with Crippen molar-refractivity contribution in [3.8, 4) is 0 Å². The molecule has 104 valence electrons. The van der Waals surface area contributed by atoms with Crippen LogP contribution in [0.5, 0.6) is 0 Å². The van der Waals surface area contributed by atoms with Gasteiger partial charge >= 0.3 is 5.97 Å². The Morgan fingerprint density at radius 2 is 1.95 bits per heavy atom. The van der Waals surface area contributed by atoms with Crippen molar-refractivity contribution in [3.63, 3.8) is 0 Å². The quantitative estimate of drug-likeness (QED) is 0.928. The maximum absolute atomic E-state index is 10.9. The van der Waals surface area contributed by atoms with Gasteiger partial charge in [-0.2, -0.15) is 0 Å². The Bertz CT molecular complexity index is 631. The second kappa shape index (κ2) is 5.49. The second-order valence-corrected chi connectivity index (χ2v) is 5.31. The topological polar surface area (TPSA) is 55.1 Å². The molecule has 1 heterocycles. The molecule has 0 unspecified atom stereocenters. The van der Waals surface area contributed by atoms with Gasteiger partial charge in [-0.05, 0) is 36.8 Å². The fourth-order valence-corrected chi connectivity index (χ4v) is 2.90. The predicted octanol–water partition coefficient (Wildman–Crippen LogP) is 2.44. The fraction of sp³-hybridized carbons (Fsp3) is 0.375. The minimum atomic E-state index is -0.787. The van der Waals surface area contributed by atoms with E-state index < -0.39 is 5.97 Å². The lowest BCUT2D eigenvalue weighted by Crippen LogP contribution is -2.11. The van der Waals surface area contributed by atoms with Crippen LogP contribution in [0.4, 0.5) is 0 Å². The number of fused-ring (bicyclic) bond motifs is 1. The van der Waals surface area contributed by atoms with Gasteiger partial charge in [0.1, 0.15) is 0 Å². The third-order valence-corrected chi connectivity index (χ3v) is 3.91. The molecule has 4 heteroatoms. The summed E-state index contributed by atoms with van der Waals surface area (Å²) < 4.78 is 2.18. The Morgan fingerprint density at radius 3 is 2.75 bits per heavy atom. The van der Waals surface area contributed by atoms with Gasteiger partial charge in [0.2, 0.25) is 0 Å². The number of aliphatic carboxylic acids is 1. The average molecular weight is 270 g/mol. The van der Waals surface area contributed by atoms with Crippen LogP contribution in [-0.4, -0.2) is 20.6 Å². The first kappa shape index (κ1) is 12.9. The molecule has 0 fully saturated rings. The third kappa shape index (κ3) is 2.59. The van der Waals surface area contributed by atoms with Crippen LogP contribution in [0.15, 0.2) is 30.6 Å². The van der Waals surface area contributed by atoms with Crippen LogP contribution in [0, 0.1) is 0 Å².